The predicted octanol–water partition coefficient (Wildman–Crippen LogP) is 3.12. The minimum atomic E-state index is -0.401. The van der Waals surface area contributed by atoms with Gasteiger partial charge in [0.05, 0.1) is 0 Å². The van der Waals surface area contributed by atoms with Crippen LogP contribution >= 0.6 is 11.3 Å². The maximum absolute atomic E-state index is 12.2. The van der Waals surface area contributed by atoms with Crippen LogP contribution in [0.3, 0.4) is 0 Å². The van der Waals surface area contributed by atoms with Gasteiger partial charge in [-0.05, 0) is 48.6 Å². The summed E-state index contributed by atoms with van der Waals surface area (Å²) >= 11 is 1.49. The molecule has 1 aromatic carbocycles. The van der Waals surface area contributed by atoms with Crippen molar-refractivity contribution < 1.29 is 14.3 Å². The second-order valence-electron chi connectivity index (χ2n) is 6.80. The summed E-state index contributed by atoms with van der Waals surface area (Å²) in [5, 5.41) is 0. The molecule has 1 amide bonds. The van der Waals surface area contributed by atoms with Crippen molar-refractivity contribution in [3.05, 3.63) is 51.2 Å². The minimum absolute atomic E-state index is 0.209. The third-order valence-electron chi connectivity index (χ3n) is 4.57. The summed E-state index contributed by atoms with van der Waals surface area (Å²) in [4.78, 5) is 29.9. The molecular weight excluding hydrogens is 348 g/mol. The molecule has 3 rings (SSSR count). The van der Waals surface area contributed by atoms with E-state index in [1.54, 1.807) is 11.9 Å². The van der Waals surface area contributed by atoms with Crippen LogP contribution in [0.2, 0.25) is 0 Å². The summed E-state index contributed by atoms with van der Waals surface area (Å²) in [6, 6.07) is 9.94. The van der Waals surface area contributed by atoms with E-state index in [2.05, 4.69) is 0 Å². The number of hydrogen-bond donors (Lipinski definition) is 0. The molecule has 1 aliphatic rings. The lowest BCUT2D eigenvalue weighted by Crippen LogP contribution is -2.30. The molecule has 6 heteroatoms. The predicted molar refractivity (Wildman–Crippen MR) is 104 cm³/mol. The maximum Gasteiger partial charge on any atom is 0.348 e. The van der Waals surface area contributed by atoms with E-state index >= 15 is 0 Å². The number of carbonyl (C=O) groups excluding carboxylic acids is 2. The smallest absolute Gasteiger partial charge is 0.348 e. The number of fused-ring (bicyclic) bond motifs is 1. The monoisotopic (exact) mass is 372 g/mol. The summed E-state index contributed by atoms with van der Waals surface area (Å²) in [7, 11) is 5.69. The highest BCUT2D eigenvalue weighted by Gasteiger charge is 2.20. The van der Waals surface area contributed by atoms with Gasteiger partial charge in [-0.1, -0.05) is 12.1 Å². The van der Waals surface area contributed by atoms with Gasteiger partial charge in [0.2, 0.25) is 0 Å². The number of thiophene rings is 1. The molecule has 2 aromatic rings. The first-order chi connectivity index (χ1) is 12.4. The maximum atomic E-state index is 12.2. The van der Waals surface area contributed by atoms with E-state index in [1.165, 1.54) is 21.8 Å². The molecule has 0 bridgehead atoms. The van der Waals surface area contributed by atoms with Crippen LogP contribution in [-0.2, 0) is 28.9 Å². The summed E-state index contributed by atoms with van der Waals surface area (Å²) in [6.07, 6.45) is 3.24. The molecule has 0 aliphatic heterocycles. The Hall–Kier alpha value is -2.34. The minimum Gasteiger partial charge on any atom is -0.451 e. The molecule has 0 N–H and O–H groups in total. The fraction of sp³-hybridized carbons (Fsp3) is 0.400. The van der Waals surface area contributed by atoms with Gasteiger partial charge in [0, 0.05) is 38.3 Å². The van der Waals surface area contributed by atoms with Crippen molar-refractivity contribution in [2.75, 3.05) is 32.6 Å². The van der Waals surface area contributed by atoms with Gasteiger partial charge < -0.3 is 14.5 Å². The fourth-order valence-corrected chi connectivity index (χ4v) is 4.15. The second-order valence-corrected chi connectivity index (χ2v) is 7.94. The van der Waals surface area contributed by atoms with Crippen molar-refractivity contribution in [3.8, 4) is 0 Å². The van der Waals surface area contributed by atoms with E-state index < -0.39 is 5.97 Å². The van der Waals surface area contributed by atoms with E-state index in [4.69, 9.17) is 4.74 Å². The highest BCUT2D eigenvalue weighted by molar-refractivity contribution is 7.14. The molecule has 0 saturated carbocycles. The second kappa shape index (κ2) is 7.91. The molecule has 26 heavy (non-hydrogen) atoms. The Labute approximate surface area is 158 Å². The van der Waals surface area contributed by atoms with Gasteiger partial charge in [0.25, 0.3) is 5.91 Å². The summed E-state index contributed by atoms with van der Waals surface area (Å²) < 4.78 is 5.21. The lowest BCUT2D eigenvalue weighted by molar-refractivity contribution is -0.133. The highest BCUT2D eigenvalue weighted by atomic mass is 32.1. The van der Waals surface area contributed by atoms with E-state index in [0.717, 1.165) is 30.5 Å². The zero-order valence-corrected chi connectivity index (χ0v) is 16.3. The lowest BCUT2D eigenvalue weighted by Gasteiger charge is -2.18. The van der Waals surface area contributed by atoms with Crippen LogP contribution in [0.5, 0.6) is 0 Å². The first-order valence-corrected chi connectivity index (χ1v) is 9.54. The molecule has 0 atom stereocenters. The Morgan fingerprint density at radius 3 is 2.50 bits per heavy atom. The van der Waals surface area contributed by atoms with Crippen LogP contribution in [0, 0.1) is 0 Å². The number of carbonyl (C=O) groups is 2. The number of hydrogen-bond acceptors (Lipinski definition) is 5. The van der Waals surface area contributed by atoms with Gasteiger partial charge in [0.15, 0.2) is 6.61 Å². The van der Waals surface area contributed by atoms with Gasteiger partial charge in [-0.15, -0.1) is 11.3 Å². The SMILES string of the molecule is CN(Cc1ccc(N(C)C)cc1)C(=O)COC(=O)c1cc2c(s1)CCC2. The third-order valence-corrected chi connectivity index (χ3v) is 5.79. The topological polar surface area (TPSA) is 49.9 Å². The highest BCUT2D eigenvalue weighted by Crippen LogP contribution is 2.30. The summed E-state index contributed by atoms with van der Waals surface area (Å²) in [6.45, 7) is 0.255. The number of esters is 1. The van der Waals surface area contributed by atoms with Crippen molar-refractivity contribution >= 4 is 28.9 Å². The van der Waals surface area contributed by atoms with Crippen molar-refractivity contribution in [1.29, 1.82) is 0 Å². The van der Waals surface area contributed by atoms with Gasteiger partial charge in [-0.25, -0.2) is 4.79 Å². The number of amides is 1. The molecular formula is C20H24N2O3S. The van der Waals surface area contributed by atoms with Gasteiger partial charge in [-0.2, -0.15) is 0 Å². The zero-order valence-electron chi connectivity index (χ0n) is 15.4. The zero-order chi connectivity index (χ0) is 18.7. The Morgan fingerprint density at radius 1 is 1.12 bits per heavy atom. The van der Waals surface area contributed by atoms with Crippen molar-refractivity contribution in [2.24, 2.45) is 0 Å². The molecule has 1 aliphatic carbocycles. The number of ether oxygens (including phenoxy) is 1. The lowest BCUT2D eigenvalue weighted by atomic mass is 10.2. The molecule has 5 nitrogen and oxygen atoms in total. The molecule has 1 aromatic heterocycles. The van der Waals surface area contributed by atoms with Crippen molar-refractivity contribution in [1.82, 2.24) is 4.90 Å². The number of anilines is 1. The molecule has 1 heterocycles. The first kappa shape index (κ1) is 18.5. The third kappa shape index (κ3) is 4.25. The standard InChI is InChI=1S/C20H24N2O3S/c1-21(2)16-9-7-14(8-10-16)12-22(3)19(23)13-25-20(24)18-11-15-5-4-6-17(15)26-18/h7-11H,4-6,12-13H2,1-3H3. The molecule has 138 valence electrons. The van der Waals surface area contributed by atoms with Crippen LogP contribution in [0.25, 0.3) is 0 Å². The normalized spacial score (nSPS) is 12.6. The average molecular weight is 372 g/mol. The summed E-state index contributed by atoms with van der Waals surface area (Å²) in [5.74, 6) is -0.611. The number of nitrogens with zero attached hydrogens (tertiary/aromatic N) is 2. The van der Waals surface area contributed by atoms with Crippen molar-refractivity contribution in [3.63, 3.8) is 0 Å². The van der Waals surface area contributed by atoms with Crippen molar-refractivity contribution in [2.45, 2.75) is 25.8 Å². The Morgan fingerprint density at radius 2 is 1.85 bits per heavy atom. The number of rotatable bonds is 6. The van der Waals surface area contributed by atoms with E-state index in [-0.39, 0.29) is 12.5 Å². The number of likely N-dealkylation sites (N-methyl/N-ethyl adjacent to an activating group) is 1. The van der Waals surface area contributed by atoms with E-state index in [9.17, 15) is 9.59 Å². The molecule has 0 fully saturated rings. The molecule has 0 spiro atoms. The quantitative estimate of drug-likeness (QED) is 0.731. The van der Waals surface area contributed by atoms with Gasteiger partial charge in [-0.3, -0.25) is 4.79 Å². The van der Waals surface area contributed by atoms with Crippen LogP contribution in [0.1, 0.15) is 32.1 Å². The summed E-state index contributed by atoms with van der Waals surface area (Å²) in [5.41, 5.74) is 3.40. The number of aryl methyl sites for hydroxylation is 2. The Balaban J connectivity index is 1.49. The largest absolute Gasteiger partial charge is 0.451 e. The molecule has 0 radical (unpaired) electrons. The van der Waals surface area contributed by atoms with Crippen LogP contribution in [-0.4, -0.2) is 44.5 Å². The van der Waals surface area contributed by atoms with Crippen LogP contribution < -0.4 is 4.90 Å². The van der Waals surface area contributed by atoms with Crippen LogP contribution in [0.4, 0.5) is 5.69 Å². The first-order valence-electron chi connectivity index (χ1n) is 8.73. The van der Waals surface area contributed by atoms with Crippen LogP contribution in [0.15, 0.2) is 30.3 Å². The Bertz CT molecular complexity index is 774. The van der Waals surface area contributed by atoms with E-state index in [0.29, 0.717) is 11.4 Å². The molecule has 0 unspecified atom stereocenters. The van der Waals surface area contributed by atoms with Gasteiger partial charge >= 0.3 is 5.97 Å². The fourth-order valence-electron chi connectivity index (χ4n) is 3.00. The molecule has 0 saturated heterocycles. The average Bonchev–Trinajstić information content (AvgIpc) is 3.21. The van der Waals surface area contributed by atoms with Gasteiger partial charge in [0.1, 0.15) is 4.88 Å². The Kier molecular flexibility index (Phi) is 5.61. The van der Waals surface area contributed by atoms with E-state index in [1.807, 2.05) is 49.3 Å². The number of benzene rings is 1.